The first-order chi connectivity index (χ1) is 7.50. The molecule has 17 heavy (non-hydrogen) atoms. The van der Waals surface area contributed by atoms with E-state index in [-0.39, 0.29) is 50.5 Å². The average Bonchev–Trinajstić information content (AvgIpc) is 2.43. The fraction of sp³-hybridized carbons (Fsp3) is 0.333. The van der Waals surface area contributed by atoms with Crippen molar-refractivity contribution in [1.82, 2.24) is 4.90 Å². The number of allylic oxidation sites excluding steroid dienone is 1. The second kappa shape index (κ2) is 5.27. The first-order valence-corrected chi connectivity index (χ1v) is 5.11. The van der Waals surface area contributed by atoms with E-state index in [1.807, 2.05) is 0 Å². The average molecular weight is 307 g/mol. The van der Waals surface area contributed by atoms with Gasteiger partial charge < -0.3 is 9.69 Å². The van der Waals surface area contributed by atoms with E-state index in [1.54, 1.807) is 0 Å². The molecule has 0 aromatic rings. The van der Waals surface area contributed by atoms with Crippen molar-refractivity contribution in [2.75, 3.05) is 0 Å². The van der Waals surface area contributed by atoms with E-state index < -0.39 is 17.9 Å². The van der Waals surface area contributed by atoms with E-state index in [2.05, 4.69) is 13.5 Å². The number of Topliss-reactive ketones (excluding diaryl/α,β-unsaturated/α-hetero) is 1. The summed E-state index contributed by atoms with van der Waals surface area (Å²) >= 11 is 0. The van der Waals surface area contributed by atoms with Gasteiger partial charge in [-0.2, -0.15) is 6.92 Å². The first kappa shape index (κ1) is 14.3. The van der Waals surface area contributed by atoms with Crippen LogP contribution in [0.3, 0.4) is 0 Å². The molecule has 0 aromatic carbocycles. The number of imide groups is 1. The maximum atomic E-state index is 11.7. The second-order valence-corrected chi connectivity index (χ2v) is 4.13. The van der Waals surface area contributed by atoms with Crippen molar-refractivity contribution >= 4 is 17.6 Å². The van der Waals surface area contributed by atoms with E-state index in [0.29, 0.717) is 12.8 Å². The Balaban J connectivity index is 0.00000144. The van der Waals surface area contributed by atoms with E-state index in [4.69, 9.17) is 0 Å². The monoisotopic (exact) mass is 307 g/mol. The number of hydrogen-bond donors (Lipinski definition) is 0. The Morgan fingerprint density at radius 2 is 2.00 bits per heavy atom. The van der Waals surface area contributed by atoms with Crippen LogP contribution in [0.2, 0.25) is 0 Å². The predicted molar refractivity (Wildman–Crippen MR) is 57.1 cm³/mol. The SMILES string of the molecule is C=C1CCC(N2C(=O)C=C([CH2-])C2=O)C(=O)C1.[Y]. The second-order valence-electron chi connectivity index (χ2n) is 4.13. The van der Waals surface area contributed by atoms with Crippen LogP contribution in [-0.2, 0) is 47.1 Å². The smallest absolute Gasteiger partial charge is 0.188 e. The third-order valence-corrected chi connectivity index (χ3v) is 2.91. The minimum absolute atomic E-state index is 0. The van der Waals surface area contributed by atoms with Gasteiger partial charge >= 0.3 is 0 Å². The van der Waals surface area contributed by atoms with Crippen molar-refractivity contribution in [2.24, 2.45) is 0 Å². The number of ketones is 1. The Hall–Kier alpha value is -0.736. The molecule has 1 saturated carbocycles. The van der Waals surface area contributed by atoms with Gasteiger partial charge in [0.1, 0.15) is 5.91 Å². The van der Waals surface area contributed by atoms with Crippen LogP contribution in [0.4, 0.5) is 0 Å². The first-order valence-electron chi connectivity index (χ1n) is 5.11. The molecule has 1 radical (unpaired) electrons. The van der Waals surface area contributed by atoms with Crippen LogP contribution in [0.5, 0.6) is 0 Å². The number of carbonyl (C=O) groups is 3. The number of nitrogens with zero attached hydrogens (tertiary/aromatic N) is 1. The van der Waals surface area contributed by atoms with Crippen LogP contribution >= 0.6 is 0 Å². The third-order valence-electron chi connectivity index (χ3n) is 2.91. The molecular weight excluding hydrogens is 295 g/mol. The molecule has 1 fully saturated rings. The zero-order valence-electron chi connectivity index (χ0n) is 9.44. The minimum atomic E-state index is -0.624. The van der Waals surface area contributed by atoms with Crippen molar-refractivity contribution < 1.29 is 47.1 Å². The van der Waals surface area contributed by atoms with Gasteiger partial charge in [-0.05, 0) is 12.8 Å². The molecule has 2 rings (SSSR count). The van der Waals surface area contributed by atoms with Crippen LogP contribution in [0.25, 0.3) is 0 Å². The number of rotatable bonds is 1. The molecule has 1 aliphatic carbocycles. The summed E-state index contributed by atoms with van der Waals surface area (Å²) in [7, 11) is 0. The number of amides is 2. The summed E-state index contributed by atoms with van der Waals surface area (Å²) in [5.41, 5.74) is 1.02. The van der Waals surface area contributed by atoms with Crippen molar-refractivity contribution in [1.29, 1.82) is 0 Å². The van der Waals surface area contributed by atoms with Crippen LogP contribution in [0.1, 0.15) is 19.3 Å². The molecule has 1 unspecified atom stereocenters. The Morgan fingerprint density at radius 3 is 2.47 bits per heavy atom. The Bertz CT molecular complexity index is 439. The van der Waals surface area contributed by atoms with Gasteiger partial charge in [0.05, 0.1) is 6.04 Å². The summed E-state index contributed by atoms with van der Waals surface area (Å²) in [4.78, 5) is 35.9. The van der Waals surface area contributed by atoms with Crippen LogP contribution < -0.4 is 0 Å². The van der Waals surface area contributed by atoms with Gasteiger partial charge in [0.2, 0.25) is 0 Å². The quantitative estimate of drug-likeness (QED) is 0.409. The molecule has 87 valence electrons. The Kier molecular flexibility index (Phi) is 4.45. The standard InChI is InChI=1S/C12H12NO3.Y/c1-7-3-4-9(10(14)5-7)13-11(15)6-8(2)12(13)16;/h6,9H,1-5H2;/q-1;. The van der Waals surface area contributed by atoms with Gasteiger partial charge in [0.25, 0.3) is 0 Å². The molecule has 0 saturated heterocycles. The largest absolute Gasteiger partial charge is 0.346 e. The molecule has 1 atom stereocenters. The molecule has 0 N–H and O–H groups in total. The van der Waals surface area contributed by atoms with Crippen LogP contribution in [0.15, 0.2) is 23.8 Å². The molecule has 1 aliphatic heterocycles. The summed E-state index contributed by atoms with van der Waals surface area (Å²) in [6, 6.07) is -0.624. The Labute approximate surface area is 125 Å². The predicted octanol–water partition coefficient (Wildman–Crippen LogP) is 0.791. The minimum Gasteiger partial charge on any atom is -0.346 e. The Morgan fingerprint density at radius 1 is 1.35 bits per heavy atom. The fourth-order valence-corrected chi connectivity index (χ4v) is 2.06. The van der Waals surface area contributed by atoms with Gasteiger partial charge in [0.15, 0.2) is 11.7 Å². The topological polar surface area (TPSA) is 54.5 Å². The van der Waals surface area contributed by atoms with Gasteiger partial charge in [-0.25, -0.2) is 0 Å². The van der Waals surface area contributed by atoms with E-state index >= 15 is 0 Å². The van der Waals surface area contributed by atoms with Crippen molar-refractivity contribution in [3.8, 4) is 0 Å². The molecule has 2 amide bonds. The molecule has 0 aromatic heterocycles. The summed E-state index contributed by atoms with van der Waals surface area (Å²) in [6.07, 6.45) is 2.60. The van der Waals surface area contributed by atoms with Gasteiger partial charge in [-0.1, -0.05) is 18.2 Å². The molecule has 1 heterocycles. The van der Waals surface area contributed by atoms with Crippen LogP contribution in [0, 0.1) is 6.92 Å². The molecule has 5 heteroatoms. The van der Waals surface area contributed by atoms with E-state index in [1.165, 1.54) is 6.08 Å². The van der Waals surface area contributed by atoms with Crippen LogP contribution in [-0.4, -0.2) is 28.5 Å². The maximum absolute atomic E-state index is 11.7. The van der Waals surface area contributed by atoms with Gasteiger partial charge in [-0.15, -0.1) is 5.57 Å². The van der Waals surface area contributed by atoms with E-state index in [9.17, 15) is 14.4 Å². The molecule has 0 bridgehead atoms. The zero-order valence-corrected chi connectivity index (χ0v) is 12.3. The molecule has 4 nitrogen and oxygen atoms in total. The van der Waals surface area contributed by atoms with Gasteiger partial charge in [-0.3, -0.25) is 9.59 Å². The summed E-state index contributed by atoms with van der Waals surface area (Å²) < 4.78 is 0. The van der Waals surface area contributed by atoms with Crippen molar-refractivity contribution in [2.45, 2.75) is 25.3 Å². The summed E-state index contributed by atoms with van der Waals surface area (Å²) in [6.45, 7) is 7.22. The number of carbonyl (C=O) groups excluding carboxylic acids is 3. The molecule has 2 aliphatic rings. The summed E-state index contributed by atoms with van der Waals surface area (Å²) in [5.74, 6) is -0.988. The van der Waals surface area contributed by atoms with E-state index in [0.717, 1.165) is 10.5 Å². The summed E-state index contributed by atoms with van der Waals surface area (Å²) in [5, 5.41) is 0. The van der Waals surface area contributed by atoms with Crippen molar-refractivity contribution in [3.05, 3.63) is 30.7 Å². The zero-order chi connectivity index (χ0) is 11.9. The maximum Gasteiger partial charge on any atom is 0.188 e. The van der Waals surface area contributed by atoms with Gasteiger partial charge in [0, 0.05) is 39.1 Å². The molecule has 0 spiro atoms. The molecular formula is C12H12NO3Y-. The number of hydrogen-bond acceptors (Lipinski definition) is 3. The third kappa shape index (κ3) is 2.58. The van der Waals surface area contributed by atoms with Crippen molar-refractivity contribution in [3.63, 3.8) is 0 Å². The fourth-order valence-electron chi connectivity index (χ4n) is 2.06. The normalized spacial score (nSPS) is 24.8.